The highest BCUT2D eigenvalue weighted by molar-refractivity contribution is 6.32. The van der Waals surface area contributed by atoms with Crippen LogP contribution in [0, 0.1) is 0 Å². The van der Waals surface area contributed by atoms with Crippen LogP contribution in [-0.2, 0) is 6.54 Å². The molecule has 8 nitrogen and oxygen atoms in total. The van der Waals surface area contributed by atoms with Crippen LogP contribution in [0.3, 0.4) is 0 Å². The zero-order valence-corrected chi connectivity index (χ0v) is 18.9. The largest absolute Gasteiger partial charge is 0.353 e. The van der Waals surface area contributed by atoms with Gasteiger partial charge in [0, 0.05) is 50.6 Å². The molecular weight excluding hydrogens is 414 g/mol. The first kappa shape index (κ1) is 22.7. The molecule has 9 heteroatoms. The number of anilines is 2. The molecule has 4 N–H and O–H groups in total. The molecule has 1 unspecified atom stereocenters. The maximum atomic E-state index is 11.8. The number of hydrogen-bond donors (Lipinski definition) is 4. The number of carbonyl (C=O) groups excluding carboxylic acids is 1. The van der Waals surface area contributed by atoms with E-state index in [1.807, 2.05) is 50.2 Å². The number of halogens is 1. The summed E-state index contributed by atoms with van der Waals surface area (Å²) in [6.07, 6.45) is 2.74. The van der Waals surface area contributed by atoms with Crippen LogP contribution in [-0.4, -0.2) is 49.2 Å². The van der Waals surface area contributed by atoms with Crippen LogP contribution in [0.15, 0.2) is 47.6 Å². The van der Waals surface area contributed by atoms with E-state index in [1.165, 1.54) is 0 Å². The van der Waals surface area contributed by atoms with Crippen molar-refractivity contribution >= 4 is 35.1 Å². The Morgan fingerprint density at radius 1 is 1.29 bits per heavy atom. The van der Waals surface area contributed by atoms with E-state index in [4.69, 9.17) is 11.6 Å². The maximum Gasteiger partial charge on any atom is 0.319 e. The number of guanidine groups is 1. The number of rotatable bonds is 6. The molecule has 0 bridgehead atoms. The molecule has 2 heterocycles. The third-order valence-corrected chi connectivity index (χ3v) is 5.18. The second-order valence-electron chi connectivity index (χ2n) is 7.76. The lowest BCUT2D eigenvalue weighted by Crippen LogP contribution is -2.44. The molecule has 0 saturated carbocycles. The molecule has 0 radical (unpaired) electrons. The van der Waals surface area contributed by atoms with Crippen LogP contribution >= 0.6 is 11.6 Å². The van der Waals surface area contributed by atoms with Crippen LogP contribution in [0.4, 0.5) is 16.3 Å². The molecule has 0 aliphatic carbocycles. The van der Waals surface area contributed by atoms with Gasteiger partial charge in [0.2, 0.25) is 0 Å². The van der Waals surface area contributed by atoms with Gasteiger partial charge >= 0.3 is 6.03 Å². The van der Waals surface area contributed by atoms with E-state index in [0.717, 1.165) is 42.5 Å². The lowest BCUT2D eigenvalue weighted by atomic mass is 10.2. The van der Waals surface area contributed by atoms with Crippen LogP contribution in [0.1, 0.15) is 25.8 Å². The number of nitrogens with one attached hydrogen (secondary N) is 4. The average Bonchev–Trinajstić information content (AvgIpc) is 3.20. The van der Waals surface area contributed by atoms with E-state index in [1.54, 1.807) is 13.2 Å². The van der Waals surface area contributed by atoms with Crippen molar-refractivity contribution in [3.8, 4) is 0 Å². The quantitative estimate of drug-likeness (QED) is 0.406. The van der Waals surface area contributed by atoms with Gasteiger partial charge in [0.05, 0.1) is 5.02 Å². The fraction of sp³-hybridized carbons (Fsp3) is 0.409. The summed E-state index contributed by atoms with van der Waals surface area (Å²) in [6.45, 7) is 6.18. The zero-order valence-electron chi connectivity index (χ0n) is 18.2. The predicted molar refractivity (Wildman–Crippen MR) is 127 cm³/mol. The Balaban J connectivity index is 1.46. The van der Waals surface area contributed by atoms with Gasteiger partial charge in [0.1, 0.15) is 5.82 Å². The Kier molecular flexibility index (Phi) is 7.94. The number of pyridine rings is 1. The first-order valence-corrected chi connectivity index (χ1v) is 10.8. The molecule has 1 fully saturated rings. The van der Waals surface area contributed by atoms with E-state index < -0.39 is 0 Å². The molecule has 2 amide bonds. The normalized spacial score (nSPS) is 16.4. The van der Waals surface area contributed by atoms with E-state index in [9.17, 15) is 4.79 Å². The third kappa shape index (κ3) is 6.75. The highest BCUT2D eigenvalue weighted by atomic mass is 35.5. The van der Waals surface area contributed by atoms with Crippen molar-refractivity contribution in [1.82, 2.24) is 20.9 Å². The minimum atomic E-state index is -0.205. The van der Waals surface area contributed by atoms with Gasteiger partial charge in [-0.3, -0.25) is 4.99 Å². The Morgan fingerprint density at radius 3 is 2.74 bits per heavy atom. The summed E-state index contributed by atoms with van der Waals surface area (Å²) in [6, 6.07) is 11.6. The van der Waals surface area contributed by atoms with E-state index >= 15 is 0 Å². The van der Waals surface area contributed by atoms with Crippen molar-refractivity contribution in [2.24, 2.45) is 4.99 Å². The topological polar surface area (TPSA) is 93.7 Å². The predicted octanol–water partition coefficient (Wildman–Crippen LogP) is 3.21. The summed E-state index contributed by atoms with van der Waals surface area (Å²) in [5, 5.41) is 13.1. The minimum absolute atomic E-state index is 0.0932. The second-order valence-corrected chi connectivity index (χ2v) is 8.17. The SMILES string of the molecule is CN=C(NCc1ccc(NC(=O)NC(C)C)cc1)NC1CCN(c2ncccc2Cl)C1. The number of aromatic nitrogens is 1. The number of amides is 2. The maximum absolute atomic E-state index is 11.8. The summed E-state index contributed by atoms with van der Waals surface area (Å²) in [5.74, 6) is 1.57. The molecule has 1 aromatic carbocycles. The van der Waals surface area contributed by atoms with Crippen molar-refractivity contribution in [1.29, 1.82) is 0 Å². The highest BCUT2D eigenvalue weighted by Gasteiger charge is 2.25. The average molecular weight is 444 g/mol. The summed E-state index contributed by atoms with van der Waals surface area (Å²) in [5.41, 5.74) is 1.84. The highest BCUT2D eigenvalue weighted by Crippen LogP contribution is 2.25. The van der Waals surface area contributed by atoms with Crippen molar-refractivity contribution in [2.75, 3.05) is 30.4 Å². The lowest BCUT2D eigenvalue weighted by molar-refractivity contribution is 0.250. The molecule has 1 aromatic heterocycles. The number of urea groups is 1. The first-order chi connectivity index (χ1) is 14.9. The van der Waals surface area contributed by atoms with Crippen LogP contribution in [0.25, 0.3) is 0 Å². The van der Waals surface area contributed by atoms with Crippen molar-refractivity contribution < 1.29 is 4.79 Å². The molecule has 166 valence electrons. The molecule has 3 rings (SSSR count). The molecule has 2 aromatic rings. The fourth-order valence-electron chi connectivity index (χ4n) is 3.39. The van der Waals surface area contributed by atoms with E-state index in [2.05, 4.69) is 36.1 Å². The molecule has 1 saturated heterocycles. The number of carbonyl (C=O) groups is 1. The van der Waals surface area contributed by atoms with Crippen molar-refractivity contribution in [3.05, 3.63) is 53.2 Å². The van der Waals surface area contributed by atoms with Gasteiger partial charge in [-0.05, 0) is 50.1 Å². The molecule has 31 heavy (non-hydrogen) atoms. The van der Waals surface area contributed by atoms with Crippen LogP contribution in [0.2, 0.25) is 5.02 Å². The lowest BCUT2D eigenvalue weighted by Gasteiger charge is -2.20. The van der Waals surface area contributed by atoms with Gasteiger partial charge in [-0.2, -0.15) is 0 Å². The summed E-state index contributed by atoms with van der Waals surface area (Å²) in [4.78, 5) is 22.7. The second kappa shape index (κ2) is 10.9. The van der Waals surface area contributed by atoms with Gasteiger partial charge in [-0.25, -0.2) is 9.78 Å². The third-order valence-electron chi connectivity index (χ3n) is 4.88. The van der Waals surface area contributed by atoms with Crippen molar-refractivity contribution in [3.63, 3.8) is 0 Å². The van der Waals surface area contributed by atoms with Gasteiger partial charge in [0.15, 0.2) is 5.96 Å². The number of nitrogens with zero attached hydrogens (tertiary/aromatic N) is 3. The minimum Gasteiger partial charge on any atom is -0.353 e. The van der Waals surface area contributed by atoms with Gasteiger partial charge < -0.3 is 26.2 Å². The molecule has 1 atom stereocenters. The fourth-order valence-corrected chi connectivity index (χ4v) is 3.63. The standard InChI is InChI=1S/C22H30ClN7O/c1-15(2)27-22(31)29-17-8-6-16(7-9-17)13-26-21(24-3)28-18-10-12-30(14-18)20-19(23)5-4-11-25-20/h4-9,11,15,18H,10,12-14H2,1-3H3,(H2,24,26,28)(H2,27,29,31). The van der Waals surface area contributed by atoms with Gasteiger partial charge in [-0.1, -0.05) is 23.7 Å². The number of benzene rings is 1. The summed E-state index contributed by atoms with van der Waals surface area (Å²) in [7, 11) is 1.76. The van der Waals surface area contributed by atoms with E-state index in [0.29, 0.717) is 11.6 Å². The molecule has 1 aliphatic rings. The molecular formula is C22H30ClN7O. The molecule has 0 spiro atoms. The molecule has 1 aliphatic heterocycles. The Morgan fingerprint density at radius 2 is 2.06 bits per heavy atom. The smallest absolute Gasteiger partial charge is 0.319 e. The monoisotopic (exact) mass is 443 g/mol. The Labute approximate surface area is 188 Å². The summed E-state index contributed by atoms with van der Waals surface area (Å²) >= 11 is 6.28. The first-order valence-electron chi connectivity index (χ1n) is 10.4. The van der Waals surface area contributed by atoms with Crippen LogP contribution < -0.4 is 26.2 Å². The van der Waals surface area contributed by atoms with Gasteiger partial charge in [0.25, 0.3) is 0 Å². The Hall–Kier alpha value is -3.00. The van der Waals surface area contributed by atoms with Gasteiger partial charge in [-0.15, -0.1) is 0 Å². The zero-order chi connectivity index (χ0) is 22.2. The summed E-state index contributed by atoms with van der Waals surface area (Å²) < 4.78 is 0. The van der Waals surface area contributed by atoms with Crippen molar-refractivity contribution in [2.45, 2.75) is 38.9 Å². The van der Waals surface area contributed by atoms with Crippen LogP contribution in [0.5, 0.6) is 0 Å². The Bertz CT molecular complexity index is 901. The number of aliphatic imine (C=N–C) groups is 1. The number of hydrogen-bond acceptors (Lipinski definition) is 4. The van der Waals surface area contributed by atoms with E-state index in [-0.39, 0.29) is 18.1 Å².